The van der Waals surface area contributed by atoms with E-state index in [1.165, 1.54) is 17.1 Å². The maximum absolute atomic E-state index is 11.0. The standard InChI is InChI=1S/C10H14N8O/c1-12-8-14-9(17(2)3)16-10(15-8)18-5-6(4-13-18)7(11)19/h4-5H,1-3H3,(H2,11,19)(H,12,14,15,16). The number of nitrogens with one attached hydrogen (secondary N) is 1. The van der Waals surface area contributed by atoms with Crippen LogP contribution in [0.5, 0.6) is 0 Å². The third-order valence-corrected chi connectivity index (χ3v) is 2.31. The van der Waals surface area contributed by atoms with E-state index in [2.05, 4.69) is 25.4 Å². The SMILES string of the molecule is CNc1nc(N(C)C)nc(-n2cc(C(N)=O)cn2)n1. The number of carbonyl (C=O) groups is 1. The zero-order valence-electron chi connectivity index (χ0n) is 10.8. The Kier molecular flexibility index (Phi) is 3.27. The summed E-state index contributed by atoms with van der Waals surface area (Å²) < 4.78 is 1.37. The molecule has 9 nitrogen and oxygen atoms in total. The van der Waals surface area contributed by atoms with Gasteiger partial charge in [0.2, 0.25) is 11.9 Å². The lowest BCUT2D eigenvalue weighted by Gasteiger charge is -2.12. The van der Waals surface area contributed by atoms with Crippen LogP contribution in [0.15, 0.2) is 12.4 Å². The Bertz CT molecular complexity index is 605. The van der Waals surface area contributed by atoms with Crippen LogP contribution < -0.4 is 16.0 Å². The first kappa shape index (κ1) is 12.7. The summed E-state index contributed by atoms with van der Waals surface area (Å²) in [6.45, 7) is 0. The lowest BCUT2D eigenvalue weighted by Crippen LogP contribution is -2.17. The number of nitrogens with two attached hydrogens (primary N) is 1. The van der Waals surface area contributed by atoms with Crippen LogP contribution in [0.2, 0.25) is 0 Å². The van der Waals surface area contributed by atoms with E-state index in [4.69, 9.17) is 5.73 Å². The Labute approximate surface area is 109 Å². The molecule has 2 heterocycles. The highest BCUT2D eigenvalue weighted by molar-refractivity contribution is 5.92. The molecule has 0 saturated carbocycles. The number of amides is 1. The Morgan fingerprint density at radius 3 is 2.63 bits per heavy atom. The van der Waals surface area contributed by atoms with Crippen molar-refractivity contribution in [2.75, 3.05) is 31.4 Å². The highest BCUT2D eigenvalue weighted by Gasteiger charge is 2.11. The minimum Gasteiger partial charge on any atom is -0.366 e. The second-order valence-corrected chi connectivity index (χ2v) is 3.94. The number of primary amides is 1. The van der Waals surface area contributed by atoms with Gasteiger partial charge in [0.25, 0.3) is 11.9 Å². The number of nitrogens with zero attached hydrogens (tertiary/aromatic N) is 6. The van der Waals surface area contributed by atoms with Crippen molar-refractivity contribution < 1.29 is 4.79 Å². The van der Waals surface area contributed by atoms with Crippen LogP contribution in [-0.4, -0.2) is 51.8 Å². The van der Waals surface area contributed by atoms with E-state index < -0.39 is 5.91 Å². The second kappa shape index (κ2) is 4.88. The van der Waals surface area contributed by atoms with Gasteiger partial charge in [-0.3, -0.25) is 4.79 Å². The van der Waals surface area contributed by atoms with Crippen molar-refractivity contribution in [1.82, 2.24) is 24.7 Å². The number of hydrogen-bond acceptors (Lipinski definition) is 7. The number of hydrogen-bond donors (Lipinski definition) is 2. The molecule has 19 heavy (non-hydrogen) atoms. The Morgan fingerprint density at radius 2 is 2.11 bits per heavy atom. The van der Waals surface area contributed by atoms with Gasteiger partial charge in [-0.2, -0.15) is 20.1 Å². The smallest absolute Gasteiger partial charge is 0.257 e. The summed E-state index contributed by atoms with van der Waals surface area (Å²) in [5, 5.41) is 6.84. The summed E-state index contributed by atoms with van der Waals surface area (Å²) in [7, 11) is 5.34. The maximum Gasteiger partial charge on any atom is 0.257 e. The molecule has 2 aromatic heterocycles. The summed E-state index contributed by atoms with van der Waals surface area (Å²) in [5.74, 6) is 0.632. The van der Waals surface area contributed by atoms with Crippen LogP contribution in [0.3, 0.4) is 0 Å². The molecule has 0 unspecified atom stereocenters. The molecule has 0 aromatic carbocycles. The molecule has 0 spiro atoms. The van der Waals surface area contributed by atoms with Gasteiger partial charge in [0.05, 0.1) is 11.8 Å². The number of aromatic nitrogens is 5. The molecular weight excluding hydrogens is 248 g/mol. The van der Waals surface area contributed by atoms with Crippen molar-refractivity contribution in [3.05, 3.63) is 18.0 Å². The minimum atomic E-state index is -0.554. The zero-order valence-corrected chi connectivity index (χ0v) is 10.8. The summed E-state index contributed by atoms with van der Waals surface area (Å²) in [5.41, 5.74) is 5.46. The first-order chi connectivity index (χ1) is 9.01. The summed E-state index contributed by atoms with van der Waals surface area (Å²) in [6.07, 6.45) is 2.83. The quantitative estimate of drug-likeness (QED) is 0.745. The lowest BCUT2D eigenvalue weighted by atomic mass is 10.4. The first-order valence-electron chi connectivity index (χ1n) is 5.47. The minimum absolute atomic E-state index is 0.290. The molecule has 0 aliphatic heterocycles. The Hall–Kier alpha value is -2.71. The molecule has 0 bridgehead atoms. The van der Waals surface area contributed by atoms with Gasteiger partial charge in [-0.15, -0.1) is 0 Å². The average Bonchev–Trinajstić information content (AvgIpc) is 2.87. The third-order valence-electron chi connectivity index (χ3n) is 2.31. The molecule has 0 radical (unpaired) electrons. The normalized spacial score (nSPS) is 10.3. The maximum atomic E-state index is 11.0. The summed E-state index contributed by atoms with van der Waals surface area (Å²) in [6, 6.07) is 0. The van der Waals surface area contributed by atoms with E-state index in [1.54, 1.807) is 11.9 Å². The van der Waals surface area contributed by atoms with Crippen molar-refractivity contribution in [3.63, 3.8) is 0 Å². The van der Waals surface area contributed by atoms with Gasteiger partial charge >= 0.3 is 0 Å². The topological polar surface area (TPSA) is 115 Å². The van der Waals surface area contributed by atoms with Gasteiger partial charge in [-0.25, -0.2) is 4.68 Å². The van der Waals surface area contributed by atoms with E-state index in [1.807, 2.05) is 14.1 Å². The van der Waals surface area contributed by atoms with Crippen molar-refractivity contribution in [3.8, 4) is 5.95 Å². The number of rotatable bonds is 4. The van der Waals surface area contributed by atoms with Crippen molar-refractivity contribution >= 4 is 17.8 Å². The summed E-state index contributed by atoms with van der Waals surface area (Å²) in [4.78, 5) is 25.4. The monoisotopic (exact) mass is 262 g/mol. The molecule has 100 valence electrons. The van der Waals surface area contributed by atoms with Crippen molar-refractivity contribution in [2.24, 2.45) is 5.73 Å². The van der Waals surface area contributed by atoms with Gasteiger partial charge in [0.15, 0.2) is 0 Å². The highest BCUT2D eigenvalue weighted by Crippen LogP contribution is 2.11. The molecule has 0 fully saturated rings. The van der Waals surface area contributed by atoms with Gasteiger partial charge in [0, 0.05) is 27.3 Å². The highest BCUT2D eigenvalue weighted by atomic mass is 16.1. The molecule has 0 atom stereocenters. The van der Waals surface area contributed by atoms with Crippen LogP contribution in [0.1, 0.15) is 10.4 Å². The lowest BCUT2D eigenvalue weighted by molar-refractivity contribution is 0.100. The molecule has 0 saturated heterocycles. The van der Waals surface area contributed by atoms with Gasteiger partial charge < -0.3 is 16.0 Å². The molecule has 2 aromatic rings. The van der Waals surface area contributed by atoms with Crippen LogP contribution >= 0.6 is 0 Å². The first-order valence-corrected chi connectivity index (χ1v) is 5.47. The van der Waals surface area contributed by atoms with Gasteiger partial charge in [-0.05, 0) is 0 Å². The Balaban J connectivity index is 2.47. The Morgan fingerprint density at radius 1 is 1.37 bits per heavy atom. The molecule has 3 N–H and O–H groups in total. The number of anilines is 2. The average molecular weight is 262 g/mol. The fraction of sp³-hybridized carbons (Fsp3) is 0.300. The second-order valence-electron chi connectivity index (χ2n) is 3.94. The van der Waals surface area contributed by atoms with E-state index in [0.29, 0.717) is 17.8 Å². The number of carbonyl (C=O) groups excluding carboxylic acids is 1. The molecule has 9 heteroatoms. The van der Waals surface area contributed by atoms with Crippen LogP contribution in [0.4, 0.5) is 11.9 Å². The molecule has 0 aliphatic carbocycles. The van der Waals surface area contributed by atoms with Gasteiger partial charge in [-0.1, -0.05) is 0 Å². The van der Waals surface area contributed by atoms with E-state index in [-0.39, 0.29) is 5.56 Å². The van der Waals surface area contributed by atoms with E-state index in [9.17, 15) is 4.79 Å². The molecule has 2 rings (SSSR count). The molecule has 0 aliphatic rings. The van der Waals surface area contributed by atoms with Crippen molar-refractivity contribution in [1.29, 1.82) is 0 Å². The summed E-state index contributed by atoms with van der Waals surface area (Å²) >= 11 is 0. The fourth-order valence-corrected chi connectivity index (χ4v) is 1.33. The van der Waals surface area contributed by atoms with Gasteiger partial charge in [0.1, 0.15) is 0 Å². The fourth-order valence-electron chi connectivity index (χ4n) is 1.33. The van der Waals surface area contributed by atoms with E-state index in [0.717, 1.165) is 0 Å². The molecular formula is C10H14N8O. The molecule has 1 amide bonds. The zero-order chi connectivity index (χ0) is 14.0. The largest absolute Gasteiger partial charge is 0.366 e. The van der Waals surface area contributed by atoms with Crippen LogP contribution in [0, 0.1) is 0 Å². The van der Waals surface area contributed by atoms with Crippen molar-refractivity contribution in [2.45, 2.75) is 0 Å². The van der Waals surface area contributed by atoms with Crippen LogP contribution in [0.25, 0.3) is 5.95 Å². The predicted octanol–water partition coefficient (Wildman–Crippen LogP) is -0.736. The van der Waals surface area contributed by atoms with E-state index >= 15 is 0 Å². The third kappa shape index (κ3) is 2.59. The van der Waals surface area contributed by atoms with Crippen LogP contribution in [-0.2, 0) is 0 Å². The predicted molar refractivity (Wildman–Crippen MR) is 69.3 cm³/mol.